The molecule has 4 rings (SSSR count). The summed E-state index contributed by atoms with van der Waals surface area (Å²) in [5, 5.41) is 6.68. The summed E-state index contributed by atoms with van der Waals surface area (Å²) in [5.41, 5.74) is 2.30. The molecular formula is C23H19FN4O3. The first-order valence-corrected chi connectivity index (χ1v) is 9.58. The molecule has 1 amide bonds. The van der Waals surface area contributed by atoms with E-state index in [-0.39, 0.29) is 35.5 Å². The van der Waals surface area contributed by atoms with E-state index in [0.717, 1.165) is 0 Å². The van der Waals surface area contributed by atoms with E-state index in [1.165, 1.54) is 28.8 Å². The molecule has 7 nitrogen and oxygen atoms in total. The Morgan fingerprint density at radius 1 is 1.10 bits per heavy atom. The monoisotopic (exact) mass is 418 g/mol. The van der Waals surface area contributed by atoms with Crippen molar-refractivity contribution in [2.24, 2.45) is 0 Å². The number of amides is 1. The van der Waals surface area contributed by atoms with Crippen molar-refractivity contribution in [3.05, 3.63) is 88.1 Å². The van der Waals surface area contributed by atoms with Gasteiger partial charge in [0, 0.05) is 16.9 Å². The van der Waals surface area contributed by atoms with Crippen molar-refractivity contribution in [3.8, 4) is 22.8 Å². The van der Waals surface area contributed by atoms with Crippen LogP contribution in [0.25, 0.3) is 22.8 Å². The highest BCUT2D eigenvalue weighted by molar-refractivity contribution is 5.90. The molecule has 2 aromatic heterocycles. The number of nitrogens with zero attached hydrogens (tertiary/aromatic N) is 3. The first-order valence-electron chi connectivity index (χ1n) is 9.58. The molecule has 0 spiro atoms. The van der Waals surface area contributed by atoms with E-state index in [0.29, 0.717) is 22.5 Å². The van der Waals surface area contributed by atoms with Crippen LogP contribution in [-0.2, 0) is 11.3 Å². The van der Waals surface area contributed by atoms with Crippen LogP contribution in [0.15, 0.2) is 70.0 Å². The summed E-state index contributed by atoms with van der Waals surface area (Å²) in [6, 6.07) is 16.4. The number of aromatic nitrogens is 3. The van der Waals surface area contributed by atoms with Gasteiger partial charge in [0.15, 0.2) is 0 Å². The number of anilines is 1. The van der Waals surface area contributed by atoms with E-state index in [9.17, 15) is 14.0 Å². The molecule has 2 heterocycles. The van der Waals surface area contributed by atoms with E-state index < -0.39 is 5.56 Å². The Kier molecular flexibility index (Phi) is 5.44. The van der Waals surface area contributed by atoms with E-state index in [4.69, 9.17) is 4.52 Å². The third-order valence-electron chi connectivity index (χ3n) is 4.81. The van der Waals surface area contributed by atoms with Crippen molar-refractivity contribution in [3.63, 3.8) is 0 Å². The lowest BCUT2D eigenvalue weighted by Gasteiger charge is -2.13. The lowest BCUT2D eigenvalue weighted by Crippen LogP contribution is -2.30. The van der Waals surface area contributed by atoms with Crippen molar-refractivity contribution in [2.75, 3.05) is 5.32 Å². The summed E-state index contributed by atoms with van der Waals surface area (Å²) < 4.78 is 19.8. The first kappa shape index (κ1) is 20.2. The maximum Gasteiger partial charge on any atom is 0.264 e. The number of para-hydroxylation sites is 1. The van der Waals surface area contributed by atoms with Crippen molar-refractivity contribution >= 4 is 11.6 Å². The fourth-order valence-corrected chi connectivity index (χ4v) is 3.29. The molecule has 4 aromatic rings. The zero-order chi connectivity index (χ0) is 22.0. The van der Waals surface area contributed by atoms with E-state index in [1.807, 2.05) is 18.2 Å². The topological polar surface area (TPSA) is 90.0 Å². The number of carbonyl (C=O) groups excluding carboxylic acids is 1. The maximum absolute atomic E-state index is 13.2. The molecule has 8 heteroatoms. The standard InChI is InChI=1S/C23H19FN4O3/c1-14-12-15(2)28(13-19(29)25-18-6-4-3-5-7-18)23(30)20(14)22-26-21(27-31-22)16-8-10-17(24)11-9-16/h3-12H,13H2,1-2H3,(H,25,29). The van der Waals surface area contributed by atoms with Gasteiger partial charge >= 0.3 is 0 Å². The fourth-order valence-electron chi connectivity index (χ4n) is 3.29. The average Bonchev–Trinajstić information content (AvgIpc) is 3.22. The van der Waals surface area contributed by atoms with Gasteiger partial charge in [-0.1, -0.05) is 23.4 Å². The molecule has 0 atom stereocenters. The fraction of sp³-hybridized carbons (Fsp3) is 0.130. The third-order valence-corrected chi connectivity index (χ3v) is 4.81. The highest BCUT2D eigenvalue weighted by Crippen LogP contribution is 2.23. The smallest absolute Gasteiger partial charge is 0.264 e. The van der Waals surface area contributed by atoms with Gasteiger partial charge in [-0.3, -0.25) is 9.59 Å². The molecule has 0 unspecified atom stereocenters. The second kappa shape index (κ2) is 8.35. The van der Waals surface area contributed by atoms with Crippen LogP contribution in [0, 0.1) is 19.7 Å². The zero-order valence-electron chi connectivity index (χ0n) is 16.9. The van der Waals surface area contributed by atoms with E-state index in [1.54, 1.807) is 32.0 Å². The molecule has 0 aliphatic carbocycles. The van der Waals surface area contributed by atoms with Gasteiger partial charge in [0.05, 0.1) is 0 Å². The van der Waals surface area contributed by atoms with Gasteiger partial charge in [-0.2, -0.15) is 4.98 Å². The van der Waals surface area contributed by atoms with E-state index >= 15 is 0 Å². The number of rotatable bonds is 5. The van der Waals surface area contributed by atoms with Gasteiger partial charge in [0.25, 0.3) is 11.4 Å². The number of halogens is 1. The number of hydrogen-bond acceptors (Lipinski definition) is 5. The Balaban J connectivity index is 1.66. The van der Waals surface area contributed by atoms with Crippen molar-refractivity contribution in [1.29, 1.82) is 0 Å². The minimum atomic E-state index is -0.407. The van der Waals surface area contributed by atoms with Crippen LogP contribution in [0.1, 0.15) is 11.3 Å². The molecule has 0 saturated heterocycles. The Bertz CT molecular complexity index is 1290. The van der Waals surface area contributed by atoms with Gasteiger partial charge < -0.3 is 14.4 Å². The molecule has 0 bridgehead atoms. The molecule has 2 aromatic carbocycles. The quantitative estimate of drug-likeness (QED) is 0.530. The molecule has 0 saturated carbocycles. The number of hydrogen-bond donors (Lipinski definition) is 1. The molecule has 0 fully saturated rings. The van der Waals surface area contributed by atoms with Crippen LogP contribution in [0.5, 0.6) is 0 Å². The number of benzene rings is 2. The van der Waals surface area contributed by atoms with Crippen LogP contribution in [0.4, 0.5) is 10.1 Å². The van der Waals surface area contributed by atoms with Crippen molar-refractivity contribution < 1.29 is 13.7 Å². The summed E-state index contributed by atoms with van der Waals surface area (Å²) in [5.74, 6) is -0.427. The Morgan fingerprint density at radius 2 is 1.81 bits per heavy atom. The third kappa shape index (κ3) is 4.28. The molecule has 0 radical (unpaired) electrons. The average molecular weight is 418 g/mol. The first-order chi connectivity index (χ1) is 14.9. The second-order valence-corrected chi connectivity index (χ2v) is 7.08. The molecule has 1 N–H and O–H groups in total. The van der Waals surface area contributed by atoms with Crippen LogP contribution in [0.3, 0.4) is 0 Å². The van der Waals surface area contributed by atoms with Crippen LogP contribution in [0.2, 0.25) is 0 Å². The van der Waals surface area contributed by atoms with Gasteiger partial charge in [0.2, 0.25) is 11.7 Å². The SMILES string of the molecule is Cc1cc(C)n(CC(=O)Nc2ccccc2)c(=O)c1-c1nc(-c2ccc(F)cc2)no1. The number of carbonyl (C=O) groups is 1. The Morgan fingerprint density at radius 3 is 2.52 bits per heavy atom. The maximum atomic E-state index is 13.2. The van der Waals surface area contributed by atoms with Gasteiger partial charge in [-0.05, 0) is 61.9 Å². The highest BCUT2D eigenvalue weighted by atomic mass is 19.1. The normalized spacial score (nSPS) is 10.8. The lowest BCUT2D eigenvalue weighted by atomic mass is 10.1. The molecular weight excluding hydrogens is 399 g/mol. The van der Waals surface area contributed by atoms with Gasteiger partial charge in [0.1, 0.15) is 17.9 Å². The highest BCUT2D eigenvalue weighted by Gasteiger charge is 2.20. The number of aryl methyl sites for hydroxylation is 2. The van der Waals surface area contributed by atoms with Crippen molar-refractivity contribution in [1.82, 2.24) is 14.7 Å². The van der Waals surface area contributed by atoms with Crippen LogP contribution >= 0.6 is 0 Å². The molecule has 31 heavy (non-hydrogen) atoms. The second-order valence-electron chi connectivity index (χ2n) is 7.08. The van der Waals surface area contributed by atoms with Gasteiger partial charge in [-0.25, -0.2) is 4.39 Å². The summed E-state index contributed by atoms with van der Waals surface area (Å²) in [4.78, 5) is 30.0. The largest absolute Gasteiger partial charge is 0.333 e. The van der Waals surface area contributed by atoms with Gasteiger partial charge in [-0.15, -0.1) is 0 Å². The summed E-state index contributed by atoms with van der Waals surface area (Å²) in [7, 11) is 0. The van der Waals surface area contributed by atoms with Crippen LogP contribution < -0.4 is 10.9 Å². The van der Waals surface area contributed by atoms with Crippen molar-refractivity contribution in [2.45, 2.75) is 20.4 Å². The summed E-state index contributed by atoms with van der Waals surface area (Å²) in [6.45, 7) is 3.36. The minimum Gasteiger partial charge on any atom is -0.333 e. The summed E-state index contributed by atoms with van der Waals surface area (Å²) in [6.07, 6.45) is 0. The molecule has 0 aliphatic rings. The molecule has 0 aliphatic heterocycles. The minimum absolute atomic E-state index is 0.0408. The Hall–Kier alpha value is -4.07. The zero-order valence-corrected chi connectivity index (χ0v) is 16.9. The summed E-state index contributed by atoms with van der Waals surface area (Å²) >= 11 is 0. The Labute approximate surface area is 177 Å². The lowest BCUT2D eigenvalue weighted by molar-refractivity contribution is -0.116. The predicted octanol–water partition coefficient (Wildman–Crippen LogP) is 3.96. The number of nitrogens with one attached hydrogen (secondary N) is 1. The van der Waals surface area contributed by atoms with Crippen LogP contribution in [-0.4, -0.2) is 20.6 Å². The number of pyridine rings is 1. The predicted molar refractivity (Wildman–Crippen MR) is 114 cm³/mol. The molecule has 156 valence electrons. The van der Waals surface area contributed by atoms with E-state index in [2.05, 4.69) is 15.5 Å².